The molecule has 1 heterocycles. The summed E-state index contributed by atoms with van der Waals surface area (Å²) in [6, 6.07) is 7.70. The lowest BCUT2D eigenvalue weighted by atomic mass is 9.96. The highest BCUT2D eigenvalue weighted by Gasteiger charge is 2.15. The van der Waals surface area contributed by atoms with Gasteiger partial charge in [0.1, 0.15) is 0 Å². The van der Waals surface area contributed by atoms with Crippen LogP contribution in [0.25, 0.3) is 0 Å². The number of anilines is 2. The summed E-state index contributed by atoms with van der Waals surface area (Å²) in [5.41, 5.74) is 0.627. The predicted molar refractivity (Wildman–Crippen MR) is 101 cm³/mol. The van der Waals surface area contributed by atoms with Crippen LogP contribution in [0.1, 0.15) is 32.1 Å². The van der Waals surface area contributed by atoms with E-state index >= 15 is 0 Å². The quantitative estimate of drug-likeness (QED) is 0.711. The van der Waals surface area contributed by atoms with Gasteiger partial charge in [-0.3, -0.25) is 4.79 Å². The highest BCUT2D eigenvalue weighted by Crippen LogP contribution is 2.28. The Kier molecular flexibility index (Phi) is 6.34. The first-order valence-electron chi connectivity index (χ1n) is 7.98. The topological polar surface area (TPSA) is 66.9 Å². The molecular weight excluding hydrogens is 364 g/mol. The first-order chi connectivity index (χ1) is 11.7. The number of halogens is 1. The van der Waals surface area contributed by atoms with E-state index in [2.05, 4.69) is 20.8 Å². The predicted octanol–water partition coefficient (Wildman–Crippen LogP) is 4.67. The molecule has 0 spiro atoms. The summed E-state index contributed by atoms with van der Waals surface area (Å²) in [4.78, 5) is 12.0. The fraction of sp³-hybridized carbons (Fsp3) is 0.438. The zero-order chi connectivity index (χ0) is 16.8. The van der Waals surface area contributed by atoms with E-state index in [1.54, 1.807) is 12.1 Å². The molecule has 1 aliphatic rings. The molecule has 1 amide bonds. The maximum absolute atomic E-state index is 12.0. The van der Waals surface area contributed by atoms with Crippen LogP contribution in [0.3, 0.4) is 0 Å². The van der Waals surface area contributed by atoms with E-state index in [1.165, 1.54) is 55.2 Å². The van der Waals surface area contributed by atoms with E-state index in [0.29, 0.717) is 16.8 Å². The Hall–Kier alpha value is -1.31. The number of hydrogen-bond acceptors (Lipinski definition) is 6. The normalized spacial score (nSPS) is 15.2. The van der Waals surface area contributed by atoms with Crippen LogP contribution in [0.4, 0.5) is 10.8 Å². The van der Waals surface area contributed by atoms with Crippen molar-refractivity contribution < 1.29 is 4.79 Å². The SMILES string of the molecule is O=C(CSc1nnc(NC2CCCCC2)s1)Nc1ccccc1Cl. The molecule has 3 rings (SSSR count). The number of para-hydroxylation sites is 1. The van der Waals surface area contributed by atoms with Crippen molar-refractivity contribution in [2.75, 3.05) is 16.4 Å². The van der Waals surface area contributed by atoms with E-state index in [9.17, 15) is 4.79 Å². The van der Waals surface area contributed by atoms with Gasteiger partial charge in [-0.05, 0) is 25.0 Å². The monoisotopic (exact) mass is 382 g/mol. The van der Waals surface area contributed by atoms with Crippen molar-refractivity contribution >= 4 is 51.4 Å². The Labute approximate surface area is 154 Å². The number of aromatic nitrogens is 2. The number of nitrogens with one attached hydrogen (secondary N) is 2. The Morgan fingerprint density at radius 2 is 2.04 bits per heavy atom. The van der Waals surface area contributed by atoms with Crippen molar-refractivity contribution in [3.63, 3.8) is 0 Å². The van der Waals surface area contributed by atoms with Gasteiger partial charge in [0.15, 0.2) is 4.34 Å². The molecule has 1 fully saturated rings. The number of nitrogens with zero attached hydrogens (tertiary/aromatic N) is 2. The maximum Gasteiger partial charge on any atom is 0.234 e. The minimum absolute atomic E-state index is 0.106. The Morgan fingerprint density at radius 3 is 2.83 bits per heavy atom. The molecule has 0 saturated heterocycles. The van der Waals surface area contributed by atoms with E-state index in [-0.39, 0.29) is 11.7 Å². The summed E-state index contributed by atoms with van der Waals surface area (Å²) < 4.78 is 0.794. The van der Waals surface area contributed by atoms with Gasteiger partial charge >= 0.3 is 0 Å². The van der Waals surface area contributed by atoms with Gasteiger partial charge in [0, 0.05) is 6.04 Å². The minimum atomic E-state index is -0.106. The Morgan fingerprint density at radius 1 is 1.25 bits per heavy atom. The van der Waals surface area contributed by atoms with Crippen LogP contribution in [-0.2, 0) is 4.79 Å². The van der Waals surface area contributed by atoms with Gasteiger partial charge in [0.05, 0.1) is 16.5 Å². The highest BCUT2D eigenvalue weighted by molar-refractivity contribution is 8.01. The van der Waals surface area contributed by atoms with Gasteiger partial charge in [-0.25, -0.2) is 0 Å². The summed E-state index contributed by atoms with van der Waals surface area (Å²) >= 11 is 8.92. The van der Waals surface area contributed by atoms with Gasteiger partial charge in [-0.2, -0.15) is 0 Å². The first kappa shape index (κ1) is 17.5. The standard InChI is InChI=1S/C16H19ClN4OS2/c17-12-8-4-5-9-13(12)19-14(22)10-23-16-21-20-15(24-16)18-11-6-2-1-3-7-11/h4-5,8-9,11H,1-3,6-7,10H2,(H,18,20)(H,19,22). The van der Waals surface area contributed by atoms with Crippen LogP contribution in [0.5, 0.6) is 0 Å². The van der Waals surface area contributed by atoms with Crippen molar-refractivity contribution in [1.29, 1.82) is 0 Å². The van der Waals surface area contributed by atoms with Gasteiger partial charge in [-0.1, -0.05) is 66.1 Å². The van der Waals surface area contributed by atoms with Crippen LogP contribution >= 0.6 is 34.7 Å². The average molecular weight is 383 g/mol. The van der Waals surface area contributed by atoms with Crippen LogP contribution in [0.2, 0.25) is 5.02 Å². The van der Waals surface area contributed by atoms with Crippen molar-refractivity contribution in [3.05, 3.63) is 29.3 Å². The molecule has 8 heteroatoms. The lowest BCUT2D eigenvalue weighted by Crippen LogP contribution is -2.21. The third-order valence-electron chi connectivity index (χ3n) is 3.81. The Bertz CT molecular complexity index is 688. The number of rotatable bonds is 6. The second kappa shape index (κ2) is 8.69. The third kappa shape index (κ3) is 5.09. The largest absolute Gasteiger partial charge is 0.357 e. The molecule has 24 heavy (non-hydrogen) atoms. The fourth-order valence-electron chi connectivity index (χ4n) is 2.62. The van der Waals surface area contributed by atoms with Crippen LogP contribution in [0, 0.1) is 0 Å². The molecule has 1 aliphatic carbocycles. The summed E-state index contributed by atoms with van der Waals surface area (Å²) in [5, 5.41) is 15.9. The van der Waals surface area contributed by atoms with E-state index < -0.39 is 0 Å². The number of benzene rings is 1. The van der Waals surface area contributed by atoms with Crippen molar-refractivity contribution in [2.24, 2.45) is 0 Å². The smallest absolute Gasteiger partial charge is 0.234 e. The van der Waals surface area contributed by atoms with Gasteiger partial charge in [-0.15, -0.1) is 10.2 Å². The molecule has 0 atom stereocenters. The molecule has 2 aromatic rings. The summed E-state index contributed by atoms with van der Waals surface area (Å²) in [6.07, 6.45) is 6.28. The molecular formula is C16H19ClN4OS2. The minimum Gasteiger partial charge on any atom is -0.357 e. The molecule has 1 aromatic carbocycles. The van der Waals surface area contributed by atoms with Crippen molar-refractivity contribution in [2.45, 2.75) is 42.5 Å². The number of carbonyl (C=O) groups excluding carboxylic acids is 1. The zero-order valence-corrected chi connectivity index (χ0v) is 15.5. The Balaban J connectivity index is 1.46. The highest BCUT2D eigenvalue weighted by atomic mass is 35.5. The number of hydrogen-bond donors (Lipinski definition) is 2. The van der Waals surface area contributed by atoms with E-state index in [1.807, 2.05) is 12.1 Å². The second-order valence-electron chi connectivity index (χ2n) is 5.67. The third-order valence-corrected chi connectivity index (χ3v) is 6.13. The molecule has 0 unspecified atom stereocenters. The average Bonchev–Trinajstić information content (AvgIpc) is 3.03. The molecule has 0 aliphatic heterocycles. The molecule has 0 radical (unpaired) electrons. The summed E-state index contributed by atoms with van der Waals surface area (Å²) in [6.45, 7) is 0. The van der Waals surface area contributed by atoms with Gasteiger partial charge in [0.2, 0.25) is 11.0 Å². The maximum atomic E-state index is 12.0. The summed E-state index contributed by atoms with van der Waals surface area (Å²) in [7, 11) is 0. The molecule has 1 aromatic heterocycles. The number of amides is 1. The zero-order valence-electron chi connectivity index (χ0n) is 13.1. The van der Waals surface area contributed by atoms with E-state index in [0.717, 1.165) is 9.47 Å². The lowest BCUT2D eigenvalue weighted by molar-refractivity contribution is -0.113. The van der Waals surface area contributed by atoms with Crippen LogP contribution in [-0.4, -0.2) is 27.9 Å². The summed E-state index contributed by atoms with van der Waals surface area (Å²) in [5.74, 6) is 0.175. The molecule has 128 valence electrons. The van der Waals surface area contributed by atoms with Gasteiger partial charge in [0.25, 0.3) is 0 Å². The van der Waals surface area contributed by atoms with Gasteiger partial charge < -0.3 is 10.6 Å². The fourth-order valence-corrected chi connectivity index (χ4v) is 4.44. The second-order valence-corrected chi connectivity index (χ2v) is 8.28. The first-order valence-corrected chi connectivity index (χ1v) is 10.2. The molecule has 1 saturated carbocycles. The van der Waals surface area contributed by atoms with Crippen molar-refractivity contribution in [1.82, 2.24) is 10.2 Å². The number of thioether (sulfide) groups is 1. The van der Waals surface area contributed by atoms with Crippen LogP contribution in [0.15, 0.2) is 28.6 Å². The van der Waals surface area contributed by atoms with Crippen molar-refractivity contribution in [3.8, 4) is 0 Å². The molecule has 0 bridgehead atoms. The van der Waals surface area contributed by atoms with Crippen LogP contribution < -0.4 is 10.6 Å². The van der Waals surface area contributed by atoms with E-state index in [4.69, 9.17) is 11.6 Å². The molecule has 5 nitrogen and oxygen atoms in total. The number of carbonyl (C=O) groups is 1. The molecule has 2 N–H and O–H groups in total. The lowest BCUT2D eigenvalue weighted by Gasteiger charge is -2.21.